The molecule has 2 aromatic carbocycles. The molecule has 1 saturated heterocycles. The van der Waals surface area contributed by atoms with E-state index in [2.05, 4.69) is 26.0 Å². The van der Waals surface area contributed by atoms with Gasteiger partial charge in [0.05, 0.1) is 40.1 Å². The molecule has 0 saturated carbocycles. The molecule has 40 heavy (non-hydrogen) atoms. The quantitative estimate of drug-likeness (QED) is 0.318. The number of H-pyrrole nitrogens is 1. The van der Waals surface area contributed by atoms with Gasteiger partial charge >= 0.3 is 0 Å². The lowest BCUT2D eigenvalue weighted by Gasteiger charge is -2.26. The number of likely N-dealkylation sites (N-methyl/N-ethyl adjacent to an activating group) is 2. The van der Waals surface area contributed by atoms with Gasteiger partial charge in [0, 0.05) is 38.4 Å². The van der Waals surface area contributed by atoms with Crippen LogP contribution in [-0.4, -0.2) is 70.2 Å². The summed E-state index contributed by atoms with van der Waals surface area (Å²) in [7, 11) is 6.00. The van der Waals surface area contributed by atoms with E-state index in [-0.39, 0.29) is 6.04 Å². The van der Waals surface area contributed by atoms with Crippen molar-refractivity contribution in [1.29, 1.82) is 5.26 Å². The number of rotatable bonds is 7. The van der Waals surface area contributed by atoms with E-state index in [0.29, 0.717) is 46.9 Å². The summed E-state index contributed by atoms with van der Waals surface area (Å²) in [5.74, 6) is 0.366. The molecule has 0 amide bonds. The number of aromatic nitrogens is 5. The number of nitrogens with zero attached hydrogens (tertiary/aromatic N) is 8. The summed E-state index contributed by atoms with van der Waals surface area (Å²) in [6.45, 7) is 2.30. The minimum atomic E-state index is -0.457. The normalized spacial score (nSPS) is 15.4. The molecule has 1 aliphatic rings. The van der Waals surface area contributed by atoms with E-state index in [1.54, 1.807) is 10.7 Å². The first-order chi connectivity index (χ1) is 19.3. The highest BCUT2D eigenvalue weighted by Crippen LogP contribution is 2.37. The third kappa shape index (κ3) is 4.60. The number of aromatic amines is 1. The number of imidazole rings is 1. The third-order valence-electron chi connectivity index (χ3n) is 7.49. The smallest absolute Gasteiger partial charge is 0.168 e. The molecule has 0 unspecified atom stereocenters. The van der Waals surface area contributed by atoms with E-state index in [1.807, 2.05) is 50.4 Å². The molecular formula is C29H29F2N9. The maximum atomic E-state index is 14.6. The molecule has 1 atom stereocenters. The average molecular weight is 542 g/mol. The van der Waals surface area contributed by atoms with Gasteiger partial charge < -0.3 is 19.7 Å². The highest BCUT2D eigenvalue weighted by atomic mass is 19.1. The van der Waals surface area contributed by atoms with Crippen molar-refractivity contribution in [3.8, 4) is 17.5 Å². The molecule has 1 fully saturated rings. The Kier molecular flexibility index (Phi) is 6.56. The van der Waals surface area contributed by atoms with Gasteiger partial charge in [-0.2, -0.15) is 10.4 Å². The van der Waals surface area contributed by atoms with Crippen LogP contribution in [0.25, 0.3) is 28.1 Å². The van der Waals surface area contributed by atoms with E-state index >= 15 is 0 Å². The Hall–Kier alpha value is -4.56. The first kappa shape index (κ1) is 25.7. The molecule has 0 spiro atoms. The van der Waals surface area contributed by atoms with Crippen molar-refractivity contribution in [2.24, 2.45) is 0 Å². The molecule has 0 bridgehead atoms. The number of anilines is 2. The van der Waals surface area contributed by atoms with Crippen LogP contribution in [0.5, 0.6) is 0 Å². The second-order valence-electron chi connectivity index (χ2n) is 10.4. The van der Waals surface area contributed by atoms with E-state index < -0.39 is 11.6 Å². The van der Waals surface area contributed by atoms with E-state index in [1.165, 1.54) is 12.1 Å². The summed E-state index contributed by atoms with van der Waals surface area (Å²) in [6.07, 6.45) is 5.06. The molecule has 0 radical (unpaired) electrons. The largest absolute Gasteiger partial charge is 0.372 e. The van der Waals surface area contributed by atoms with Crippen molar-refractivity contribution < 1.29 is 8.78 Å². The van der Waals surface area contributed by atoms with Crippen LogP contribution >= 0.6 is 0 Å². The minimum absolute atomic E-state index is 0.310. The van der Waals surface area contributed by atoms with Crippen molar-refractivity contribution >= 4 is 28.2 Å². The van der Waals surface area contributed by atoms with Crippen molar-refractivity contribution in [1.82, 2.24) is 29.5 Å². The topological polar surface area (TPSA) is 92.4 Å². The molecule has 4 heterocycles. The van der Waals surface area contributed by atoms with E-state index in [9.17, 15) is 14.0 Å². The number of halogens is 2. The third-order valence-corrected chi connectivity index (χ3v) is 7.49. The van der Waals surface area contributed by atoms with Gasteiger partial charge in [-0.3, -0.25) is 0 Å². The monoisotopic (exact) mass is 541 g/mol. The molecule has 3 aromatic heterocycles. The molecule has 9 nitrogen and oxygen atoms in total. The molecule has 1 N–H and O–H groups in total. The van der Waals surface area contributed by atoms with Crippen LogP contribution < -0.4 is 9.80 Å². The molecule has 6 rings (SSSR count). The van der Waals surface area contributed by atoms with Gasteiger partial charge in [-0.1, -0.05) is 0 Å². The Morgan fingerprint density at radius 3 is 2.75 bits per heavy atom. The predicted octanol–water partition coefficient (Wildman–Crippen LogP) is 4.76. The van der Waals surface area contributed by atoms with Gasteiger partial charge in [0.25, 0.3) is 0 Å². The highest BCUT2D eigenvalue weighted by Gasteiger charge is 2.30. The Labute approximate surface area is 230 Å². The summed E-state index contributed by atoms with van der Waals surface area (Å²) in [5, 5.41) is 14.3. The van der Waals surface area contributed by atoms with Gasteiger partial charge in [-0.15, -0.1) is 0 Å². The van der Waals surface area contributed by atoms with Gasteiger partial charge in [0.1, 0.15) is 29.3 Å². The SMILES string of the molecule is CN(C)CCN(C)c1cc2nc(-c3cnn4ccc(N5CCC[C@@H]5c5cc(F)ccc5F)nc34)[nH]c2cc1C#N. The molecule has 5 aromatic rings. The van der Waals surface area contributed by atoms with E-state index in [0.717, 1.165) is 42.3 Å². The first-order valence-electron chi connectivity index (χ1n) is 13.2. The lowest BCUT2D eigenvalue weighted by Crippen LogP contribution is -2.28. The van der Waals surface area contributed by atoms with Crippen molar-refractivity contribution in [3.05, 3.63) is 71.6 Å². The highest BCUT2D eigenvalue weighted by molar-refractivity contribution is 5.87. The lowest BCUT2D eigenvalue weighted by molar-refractivity contribution is 0.416. The summed E-state index contributed by atoms with van der Waals surface area (Å²) >= 11 is 0. The van der Waals surface area contributed by atoms with Crippen LogP contribution in [-0.2, 0) is 0 Å². The van der Waals surface area contributed by atoms with Crippen LogP contribution in [0.3, 0.4) is 0 Å². The molecule has 11 heteroatoms. The molecule has 0 aliphatic carbocycles. The fourth-order valence-corrected chi connectivity index (χ4v) is 5.37. The summed E-state index contributed by atoms with van der Waals surface area (Å²) in [5.41, 5.74) is 4.49. The first-order valence-corrected chi connectivity index (χ1v) is 13.2. The van der Waals surface area contributed by atoms with Crippen molar-refractivity contribution in [2.75, 3.05) is 50.6 Å². The summed E-state index contributed by atoms with van der Waals surface area (Å²) < 4.78 is 30.3. The van der Waals surface area contributed by atoms with Crippen molar-refractivity contribution in [3.63, 3.8) is 0 Å². The second kappa shape index (κ2) is 10.2. The van der Waals surface area contributed by atoms with Crippen LogP contribution in [0.1, 0.15) is 30.0 Å². The summed E-state index contributed by atoms with van der Waals surface area (Å²) in [6, 6.07) is 11.2. The Morgan fingerprint density at radius 1 is 1.10 bits per heavy atom. The Morgan fingerprint density at radius 2 is 1.95 bits per heavy atom. The molecular weight excluding hydrogens is 512 g/mol. The molecule has 204 valence electrons. The van der Waals surface area contributed by atoms with Crippen molar-refractivity contribution in [2.45, 2.75) is 18.9 Å². The average Bonchev–Trinajstić information content (AvgIpc) is 3.69. The van der Waals surface area contributed by atoms with Crippen LogP contribution in [0.4, 0.5) is 20.3 Å². The predicted molar refractivity (Wildman–Crippen MR) is 150 cm³/mol. The number of hydrogen-bond donors (Lipinski definition) is 1. The van der Waals surface area contributed by atoms with Crippen LogP contribution in [0, 0.1) is 23.0 Å². The lowest BCUT2D eigenvalue weighted by atomic mass is 10.0. The second-order valence-corrected chi connectivity index (χ2v) is 10.4. The molecule has 1 aliphatic heterocycles. The van der Waals surface area contributed by atoms with Gasteiger partial charge in [0.2, 0.25) is 0 Å². The zero-order chi connectivity index (χ0) is 28.0. The van der Waals surface area contributed by atoms with Crippen LogP contribution in [0.2, 0.25) is 0 Å². The fraction of sp³-hybridized carbons (Fsp3) is 0.310. The Bertz CT molecular complexity index is 1750. The number of hydrogen-bond acceptors (Lipinski definition) is 7. The summed E-state index contributed by atoms with van der Waals surface area (Å²) in [4.78, 5) is 19.2. The number of benzene rings is 2. The number of nitriles is 1. The van der Waals surface area contributed by atoms with Gasteiger partial charge in [0.15, 0.2) is 5.65 Å². The number of fused-ring (bicyclic) bond motifs is 2. The van der Waals surface area contributed by atoms with Crippen LogP contribution in [0.15, 0.2) is 48.8 Å². The zero-order valence-corrected chi connectivity index (χ0v) is 22.6. The maximum absolute atomic E-state index is 14.6. The fourth-order valence-electron chi connectivity index (χ4n) is 5.37. The van der Waals surface area contributed by atoms with Gasteiger partial charge in [-0.25, -0.2) is 23.3 Å². The maximum Gasteiger partial charge on any atom is 0.168 e. The van der Waals surface area contributed by atoms with Gasteiger partial charge in [-0.05, 0) is 63.3 Å². The minimum Gasteiger partial charge on any atom is -0.372 e. The zero-order valence-electron chi connectivity index (χ0n) is 22.6. The standard InChI is InChI=1S/C29H29F2N9/c1-37(2)11-12-38(3)26-15-24-23(13-18(26)16-32)34-28(35-24)21-17-33-40-10-8-27(36-29(21)40)39-9-4-5-25(39)20-14-19(30)6-7-22(20)31/h6-8,10,13-15,17,25H,4-5,9,11-12H2,1-3H3,(H,34,35)/t25-/m1/s1. The van der Waals surface area contributed by atoms with E-state index in [4.69, 9.17) is 9.97 Å². The Balaban J connectivity index is 1.37. The number of nitrogens with one attached hydrogen (secondary N) is 1.